The summed E-state index contributed by atoms with van der Waals surface area (Å²) in [7, 11) is 0. The molecule has 82 valence electrons. The van der Waals surface area contributed by atoms with Crippen LogP contribution in [0, 0.1) is 0 Å². The molecule has 1 aromatic heterocycles. The van der Waals surface area contributed by atoms with Crippen molar-refractivity contribution in [1.29, 1.82) is 0 Å². The maximum atomic E-state index is 9.54. The lowest BCUT2D eigenvalue weighted by Gasteiger charge is -2.07. The van der Waals surface area contributed by atoms with Crippen LogP contribution in [0.5, 0.6) is 17.4 Å². The number of halogens is 2. The van der Waals surface area contributed by atoms with Gasteiger partial charge in [0.25, 0.3) is 0 Å². The highest BCUT2D eigenvalue weighted by Crippen LogP contribution is 2.33. The number of hydrogen-bond acceptors (Lipinski definition) is 3. The van der Waals surface area contributed by atoms with Gasteiger partial charge in [0, 0.05) is 10.7 Å². The highest BCUT2D eigenvalue weighted by atomic mass is 79.9. The summed E-state index contributed by atoms with van der Waals surface area (Å²) in [6, 6.07) is 8.56. The van der Waals surface area contributed by atoms with Gasteiger partial charge in [0.1, 0.15) is 0 Å². The van der Waals surface area contributed by atoms with E-state index < -0.39 is 0 Å². The van der Waals surface area contributed by atoms with Crippen molar-refractivity contribution in [3.8, 4) is 17.4 Å². The smallest absolute Gasteiger partial charge is 0.233 e. The van der Waals surface area contributed by atoms with Crippen LogP contribution < -0.4 is 4.74 Å². The highest BCUT2D eigenvalue weighted by molar-refractivity contribution is 9.11. The number of phenolic OH excluding ortho intramolecular Hbond substituents is 1. The van der Waals surface area contributed by atoms with E-state index in [1.54, 1.807) is 30.5 Å². The molecule has 0 amide bonds. The fraction of sp³-hybridized carbons (Fsp3) is 0. The number of nitrogens with zero attached hydrogens (tertiary/aromatic N) is 1. The van der Waals surface area contributed by atoms with Crippen molar-refractivity contribution in [2.45, 2.75) is 0 Å². The summed E-state index contributed by atoms with van der Waals surface area (Å²) < 4.78 is 7.03. The Hall–Kier alpha value is -1.07. The minimum Gasteiger partial charge on any atom is -0.504 e. The van der Waals surface area contributed by atoms with Gasteiger partial charge in [-0.15, -0.1) is 0 Å². The molecule has 2 aromatic rings. The number of hydrogen-bond donors (Lipinski definition) is 1. The van der Waals surface area contributed by atoms with Gasteiger partial charge in [0.15, 0.2) is 11.5 Å². The van der Waals surface area contributed by atoms with Crippen molar-refractivity contribution >= 4 is 31.9 Å². The Kier molecular flexibility index (Phi) is 3.46. The Balaban J connectivity index is 2.31. The summed E-state index contributed by atoms with van der Waals surface area (Å²) in [6.45, 7) is 0. The molecule has 1 N–H and O–H groups in total. The zero-order chi connectivity index (χ0) is 11.5. The summed E-state index contributed by atoms with van der Waals surface area (Å²) in [5.41, 5.74) is 0. The summed E-state index contributed by atoms with van der Waals surface area (Å²) in [5.74, 6) is 0.863. The van der Waals surface area contributed by atoms with E-state index in [2.05, 4.69) is 36.8 Å². The van der Waals surface area contributed by atoms with Crippen LogP contribution in [0.15, 0.2) is 45.5 Å². The third kappa shape index (κ3) is 2.54. The van der Waals surface area contributed by atoms with Gasteiger partial charge in [-0.05, 0) is 50.1 Å². The zero-order valence-electron chi connectivity index (χ0n) is 8.02. The van der Waals surface area contributed by atoms with E-state index >= 15 is 0 Å². The molecule has 0 aliphatic rings. The van der Waals surface area contributed by atoms with Gasteiger partial charge in [-0.25, -0.2) is 4.98 Å². The van der Waals surface area contributed by atoms with Crippen LogP contribution in [-0.4, -0.2) is 10.1 Å². The first-order valence-electron chi connectivity index (χ1n) is 4.44. The highest BCUT2D eigenvalue weighted by Gasteiger charge is 2.07. The number of aromatic hydroxyl groups is 1. The molecule has 0 saturated heterocycles. The molecule has 5 heteroatoms. The van der Waals surface area contributed by atoms with Crippen molar-refractivity contribution in [3.05, 3.63) is 45.5 Å². The fourth-order valence-electron chi connectivity index (χ4n) is 1.12. The van der Waals surface area contributed by atoms with E-state index in [1.807, 2.05) is 6.07 Å². The van der Waals surface area contributed by atoms with Gasteiger partial charge in [0.05, 0.1) is 4.47 Å². The topological polar surface area (TPSA) is 42.4 Å². The molecule has 2 rings (SSSR count). The van der Waals surface area contributed by atoms with Crippen molar-refractivity contribution in [3.63, 3.8) is 0 Å². The lowest BCUT2D eigenvalue weighted by molar-refractivity contribution is 0.401. The largest absolute Gasteiger partial charge is 0.504 e. The molecule has 0 radical (unpaired) electrons. The van der Waals surface area contributed by atoms with E-state index in [-0.39, 0.29) is 5.75 Å². The van der Waals surface area contributed by atoms with Crippen LogP contribution in [0.4, 0.5) is 0 Å². The lowest BCUT2D eigenvalue weighted by Crippen LogP contribution is -1.89. The Morgan fingerprint density at radius 1 is 1.19 bits per heavy atom. The molecule has 0 saturated carbocycles. The maximum absolute atomic E-state index is 9.54. The minimum atomic E-state index is 0.0825. The van der Waals surface area contributed by atoms with Gasteiger partial charge in [0.2, 0.25) is 5.88 Å². The average Bonchev–Trinajstić information content (AvgIpc) is 2.25. The number of pyridine rings is 1. The fourth-order valence-corrected chi connectivity index (χ4v) is 2.19. The normalized spacial score (nSPS) is 10.1. The molecule has 1 heterocycles. The van der Waals surface area contributed by atoms with Crippen LogP contribution in [0.2, 0.25) is 0 Å². The predicted octanol–water partition coefficient (Wildman–Crippen LogP) is 4.10. The monoisotopic (exact) mass is 343 g/mol. The number of rotatable bonds is 2. The first-order valence-corrected chi connectivity index (χ1v) is 6.02. The van der Waals surface area contributed by atoms with Crippen LogP contribution in [0.25, 0.3) is 0 Å². The molecule has 0 spiro atoms. The van der Waals surface area contributed by atoms with Crippen molar-refractivity contribution < 1.29 is 9.84 Å². The zero-order valence-corrected chi connectivity index (χ0v) is 11.2. The average molecular weight is 345 g/mol. The van der Waals surface area contributed by atoms with Gasteiger partial charge >= 0.3 is 0 Å². The molecule has 0 unspecified atom stereocenters. The van der Waals surface area contributed by atoms with Crippen molar-refractivity contribution in [1.82, 2.24) is 4.98 Å². The second-order valence-corrected chi connectivity index (χ2v) is 4.78. The number of para-hydroxylation sites is 2. The number of phenols is 1. The maximum Gasteiger partial charge on any atom is 0.233 e. The molecule has 16 heavy (non-hydrogen) atoms. The van der Waals surface area contributed by atoms with Crippen LogP contribution >= 0.6 is 31.9 Å². The number of benzene rings is 1. The van der Waals surface area contributed by atoms with Gasteiger partial charge in [-0.2, -0.15) is 0 Å². The third-order valence-electron chi connectivity index (χ3n) is 1.85. The first-order chi connectivity index (χ1) is 7.66. The van der Waals surface area contributed by atoms with Crippen molar-refractivity contribution in [2.75, 3.05) is 0 Å². The minimum absolute atomic E-state index is 0.0825. The van der Waals surface area contributed by atoms with E-state index in [1.165, 1.54) is 0 Å². The van der Waals surface area contributed by atoms with Crippen LogP contribution in [-0.2, 0) is 0 Å². The summed E-state index contributed by atoms with van der Waals surface area (Å²) in [4.78, 5) is 4.09. The van der Waals surface area contributed by atoms with Crippen molar-refractivity contribution in [2.24, 2.45) is 0 Å². The molecule has 0 fully saturated rings. The molecule has 0 aliphatic heterocycles. The molecule has 3 nitrogen and oxygen atoms in total. The Morgan fingerprint density at radius 2 is 1.94 bits per heavy atom. The standard InChI is InChI=1S/C11H7Br2NO2/c12-7-5-8(13)11(14-6-7)16-10-4-2-1-3-9(10)15/h1-6,15H. The summed E-state index contributed by atoms with van der Waals surface area (Å²) in [5, 5.41) is 9.54. The number of aromatic nitrogens is 1. The summed E-state index contributed by atoms with van der Waals surface area (Å²) >= 11 is 6.63. The molecule has 0 atom stereocenters. The quantitative estimate of drug-likeness (QED) is 0.891. The van der Waals surface area contributed by atoms with E-state index in [4.69, 9.17) is 4.74 Å². The first kappa shape index (κ1) is 11.4. The van der Waals surface area contributed by atoms with Gasteiger partial charge < -0.3 is 9.84 Å². The second-order valence-electron chi connectivity index (χ2n) is 3.01. The summed E-state index contributed by atoms with van der Waals surface area (Å²) in [6.07, 6.45) is 1.63. The van der Waals surface area contributed by atoms with E-state index in [0.717, 1.165) is 4.47 Å². The lowest BCUT2D eigenvalue weighted by atomic mass is 10.3. The van der Waals surface area contributed by atoms with E-state index in [9.17, 15) is 5.11 Å². The Morgan fingerprint density at radius 3 is 2.62 bits per heavy atom. The van der Waals surface area contributed by atoms with Crippen LogP contribution in [0.1, 0.15) is 0 Å². The van der Waals surface area contributed by atoms with E-state index in [0.29, 0.717) is 16.1 Å². The van der Waals surface area contributed by atoms with Gasteiger partial charge in [-0.3, -0.25) is 0 Å². The molecule has 0 bridgehead atoms. The molecule has 0 aliphatic carbocycles. The second kappa shape index (κ2) is 4.84. The van der Waals surface area contributed by atoms with Crippen LogP contribution in [0.3, 0.4) is 0 Å². The number of ether oxygens (including phenoxy) is 1. The molecular weight excluding hydrogens is 338 g/mol. The Labute approximate surface area is 109 Å². The predicted molar refractivity (Wildman–Crippen MR) is 67.8 cm³/mol. The Bertz CT molecular complexity index is 517. The molecular formula is C11H7Br2NO2. The molecule has 1 aromatic carbocycles. The SMILES string of the molecule is Oc1ccccc1Oc1ncc(Br)cc1Br. The third-order valence-corrected chi connectivity index (χ3v) is 2.85. The van der Waals surface area contributed by atoms with Gasteiger partial charge in [-0.1, -0.05) is 12.1 Å².